The van der Waals surface area contributed by atoms with Gasteiger partial charge in [-0.3, -0.25) is 4.79 Å². The van der Waals surface area contributed by atoms with E-state index in [1.807, 2.05) is 0 Å². The maximum atomic E-state index is 11.9. The first kappa shape index (κ1) is 15.2. The van der Waals surface area contributed by atoms with Gasteiger partial charge < -0.3 is 11.1 Å². The summed E-state index contributed by atoms with van der Waals surface area (Å²) < 4.78 is 23.8. The van der Waals surface area contributed by atoms with E-state index in [1.165, 1.54) is 18.2 Å². The van der Waals surface area contributed by atoms with Gasteiger partial charge in [0.1, 0.15) is 5.75 Å². The van der Waals surface area contributed by atoms with Gasteiger partial charge in [-0.15, -0.1) is 0 Å². The molecule has 0 aliphatic rings. The van der Waals surface area contributed by atoms with Crippen LogP contribution in [0.2, 0.25) is 10.0 Å². The predicted molar refractivity (Wildman–Crippen MR) is 70.6 cm³/mol. The van der Waals surface area contributed by atoms with Gasteiger partial charge in [0.25, 0.3) is 0 Å². The largest absolute Gasteiger partial charge is 0.354 e. The smallest absolute Gasteiger partial charge is 0.235 e. The van der Waals surface area contributed by atoms with Gasteiger partial charge in [-0.05, 0) is 18.2 Å². The Bertz CT molecular complexity index is 546. The molecule has 0 aliphatic carbocycles. The normalized spacial score (nSPS) is 11.3. The Morgan fingerprint density at radius 3 is 2.50 bits per heavy atom. The number of halogens is 2. The van der Waals surface area contributed by atoms with Crippen LogP contribution in [0.3, 0.4) is 0 Å². The number of hydrogen-bond donors (Lipinski definition) is 2. The van der Waals surface area contributed by atoms with Crippen LogP contribution >= 0.6 is 23.2 Å². The van der Waals surface area contributed by atoms with Crippen molar-refractivity contribution in [1.29, 1.82) is 0 Å². The molecule has 0 heterocycles. The van der Waals surface area contributed by atoms with E-state index in [-0.39, 0.29) is 28.0 Å². The van der Waals surface area contributed by atoms with Gasteiger partial charge in [-0.1, -0.05) is 23.2 Å². The fraction of sp³-hybridized carbons (Fsp3) is 0.300. The van der Waals surface area contributed by atoms with E-state index < -0.39 is 21.5 Å². The number of rotatable bonds is 5. The molecule has 0 atom stereocenters. The molecule has 0 saturated carbocycles. The molecular weight excluding hydrogens is 299 g/mol. The van der Waals surface area contributed by atoms with Crippen molar-refractivity contribution in [1.82, 2.24) is 5.32 Å². The van der Waals surface area contributed by atoms with Crippen LogP contribution in [-0.2, 0) is 14.6 Å². The third-order valence-corrected chi connectivity index (χ3v) is 4.39. The molecule has 18 heavy (non-hydrogen) atoms. The minimum Gasteiger partial charge on any atom is -0.354 e. The van der Waals surface area contributed by atoms with Gasteiger partial charge in [0.05, 0.1) is 14.9 Å². The highest BCUT2D eigenvalue weighted by Gasteiger charge is 2.19. The molecule has 1 aromatic carbocycles. The van der Waals surface area contributed by atoms with Gasteiger partial charge in [-0.25, -0.2) is 8.42 Å². The van der Waals surface area contributed by atoms with Crippen molar-refractivity contribution in [3.05, 3.63) is 28.2 Å². The van der Waals surface area contributed by atoms with Crippen LogP contribution in [0.5, 0.6) is 0 Å². The highest BCUT2D eigenvalue weighted by molar-refractivity contribution is 7.92. The predicted octanol–water partition coefficient (Wildman–Crippen LogP) is 0.842. The van der Waals surface area contributed by atoms with Gasteiger partial charge in [-0.2, -0.15) is 0 Å². The van der Waals surface area contributed by atoms with E-state index in [1.54, 1.807) is 0 Å². The van der Waals surface area contributed by atoms with E-state index in [0.29, 0.717) is 0 Å². The standard InChI is InChI=1S/C10H12Cl2N2O3S/c11-8-2-1-7(5-9(8)12)18(16,17)6-10(15)14-4-3-13/h1-2,5H,3-4,6,13H2,(H,14,15). The zero-order valence-corrected chi connectivity index (χ0v) is 11.6. The van der Waals surface area contributed by atoms with Crippen LogP contribution in [0.1, 0.15) is 0 Å². The summed E-state index contributed by atoms with van der Waals surface area (Å²) >= 11 is 11.4. The molecule has 0 saturated heterocycles. The summed E-state index contributed by atoms with van der Waals surface area (Å²) in [6.07, 6.45) is 0. The quantitative estimate of drug-likeness (QED) is 0.843. The topological polar surface area (TPSA) is 89.3 Å². The fourth-order valence-electron chi connectivity index (χ4n) is 1.19. The van der Waals surface area contributed by atoms with E-state index in [2.05, 4.69) is 5.32 Å². The van der Waals surface area contributed by atoms with Gasteiger partial charge in [0, 0.05) is 13.1 Å². The van der Waals surface area contributed by atoms with Crippen molar-refractivity contribution < 1.29 is 13.2 Å². The summed E-state index contributed by atoms with van der Waals surface area (Å²) in [5, 5.41) is 2.76. The lowest BCUT2D eigenvalue weighted by Crippen LogP contribution is -2.33. The minimum atomic E-state index is -3.73. The molecule has 0 aliphatic heterocycles. The van der Waals surface area contributed by atoms with E-state index >= 15 is 0 Å². The first-order valence-corrected chi connectivity index (χ1v) is 7.42. The van der Waals surface area contributed by atoms with Gasteiger partial charge in [0.15, 0.2) is 9.84 Å². The lowest BCUT2D eigenvalue weighted by molar-refractivity contribution is -0.118. The Balaban J connectivity index is 2.86. The van der Waals surface area contributed by atoms with E-state index in [9.17, 15) is 13.2 Å². The second kappa shape index (κ2) is 6.38. The minimum absolute atomic E-state index is 0.0419. The monoisotopic (exact) mass is 310 g/mol. The number of carbonyl (C=O) groups is 1. The molecule has 0 aromatic heterocycles. The molecule has 3 N–H and O–H groups in total. The number of sulfone groups is 1. The van der Waals surface area contributed by atoms with Crippen molar-refractivity contribution >= 4 is 38.9 Å². The summed E-state index contributed by atoms with van der Waals surface area (Å²) in [6.45, 7) is 0.480. The fourth-order valence-corrected chi connectivity index (χ4v) is 2.74. The number of carbonyl (C=O) groups excluding carboxylic acids is 1. The third-order valence-electron chi connectivity index (χ3n) is 2.04. The number of nitrogens with two attached hydrogens (primary N) is 1. The highest BCUT2D eigenvalue weighted by Crippen LogP contribution is 2.25. The molecule has 8 heteroatoms. The number of amides is 1. The van der Waals surface area contributed by atoms with Crippen LogP contribution < -0.4 is 11.1 Å². The molecule has 1 aromatic rings. The van der Waals surface area contributed by atoms with Crippen molar-refractivity contribution in [2.75, 3.05) is 18.8 Å². The summed E-state index contributed by atoms with van der Waals surface area (Å²) in [5.41, 5.74) is 5.19. The molecule has 0 bridgehead atoms. The Morgan fingerprint density at radius 1 is 1.28 bits per heavy atom. The summed E-state index contributed by atoms with van der Waals surface area (Å²) in [6, 6.07) is 3.89. The van der Waals surface area contributed by atoms with Gasteiger partial charge >= 0.3 is 0 Å². The first-order valence-electron chi connectivity index (χ1n) is 5.01. The van der Waals surface area contributed by atoms with Crippen molar-refractivity contribution in [2.45, 2.75) is 4.90 Å². The van der Waals surface area contributed by atoms with Crippen LogP contribution in [0.25, 0.3) is 0 Å². The van der Waals surface area contributed by atoms with Crippen molar-refractivity contribution in [2.24, 2.45) is 5.73 Å². The Morgan fingerprint density at radius 2 is 1.94 bits per heavy atom. The van der Waals surface area contributed by atoms with Crippen LogP contribution in [0, 0.1) is 0 Å². The average molecular weight is 311 g/mol. The van der Waals surface area contributed by atoms with Crippen molar-refractivity contribution in [3.63, 3.8) is 0 Å². The van der Waals surface area contributed by atoms with E-state index in [0.717, 1.165) is 0 Å². The molecule has 0 fully saturated rings. The van der Waals surface area contributed by atoms with Gasteiger partial charge in [0.2, 0.25) is 5.91 Å². The Kier molecular flexibility index (Phi) is 5.40. The maximum absolute atomic E-state index is 11.9. The van der Waals surface area contributed by atoms with Crippen molar-refractivity contribution in [3.8, 4) is 0 Å². The average Bonchev–Trinajstić information content (AvgIpc) is 2.29. The molecular formula is C10H12Cl2N2O3S. The second-order valence-electron chi connectivity index (χ2n) is 3.47. The highest BCUT2D eigenvalue weighted by atomic mass is 35.5. The van der Waals surface area contributed by atoms with Crippen LogP contribution in [-0.4, -0.2) is 33.2 Å². The summed E-state index contributed by atoms with van der Waals surface area (Å²) in [4.78, 5) is 11.3. The molecule has 5 nitrogen and oxygen atoms in total. The third kappa shape index (κ3) is 4.13. The number of benzene rings is 1. The first-order chi connectivity index (χ1) is 8.36. The van der Waals surface area contributed by atoms with Crippen LogP contribution in [0.4, 0.5) is 0 Å². The summed E-state index contributed by atoms with van der Waals surface area (Å²) in [5.74, 6) is -1.25. The number of nitrogens with one attached hydrogen (secondary N) is 1. The lowest BCUT2D eigenvalue weighted by atomic mass is 10.4. The SMILES string of the molecule is NCCNC(=O)CS(=O)(=O)c1ccc(Cl)c(Cl)c1. The zero-order chi connectivity index (χ0) is 13.8. The van der Waals surface area contributed by atoms with Crippen LogP contribution in [0.15, 0.2) is 23.1 Å². The molecule has 0 unspecified atom stereocenters. The Labute approximate surface area is 115 Å². The molecule has 0 radical (unpaired) electrons. The zero-order valence-electron chi connectivity index (χ0n) is 9.32. The molecule has 100 valence electrons. The maximum Gasteiger partial charge on any atom is 0.235 e. The Hall–Kier alpha value is -0.820. The van der Waals surface area contributed by atoms with E-state index in [4.69, 9.17) is 28.9 Å². The molecule has 1 amide bonds. The molecule has 1 rings (SSSR count). The summed E-state index contributed by atoms with van der Waals surface area (Å²) in [7, 11) is -3.73. The second-order valence-corrected chi connectivity index (χ2v) is 6.28. The number of hydrogen-bond acceptors (Lipinski definition) is 4. The molecule has 0 spiro atoms. The lowest BCUT2D eigenvalue weighted by Gasteiger charge is -2.06.